The standard InChI is InChI=1S/C17H27BN2O7SSi/c1-13-14(2)19-27-17(13)20(12-25-10-11-29(3,4)5)28(23,24)16-9-7-6-8-15(16)26-18(21)22/h6-9,21-22H,10-12H2,1-5H3. The van der Waals surface area contributed by atoms with Gasteiger partial charge in [-0.1, -0.05) is 36.9 Å². The van der Waals surface area contributed by atoms with E-state index in [1.54, 1.807) is 13.8 Å². The third kappa shape index (κ3) is 6.06. The molecule has 1 aromatic carbocycles. The molecule has 0 amide bonds. The summed E-state index contributed by atoms with van der Waals surface area (Å²) in [6.07, 6.45) is 0. The topological polar surface area (TPSA) is 122 Å². The van der Waals surface area contributed by atoms with Gasteiger partial charge in [-0.05, 0) is 32.0 Å². The second-order valence-electron chi connectivity index (χ2n) is 7.79. The molecule has 0 saturated heterocycles. The van der Waals surface area contributed by atoms with Gasteiger partial charge in [-0.15, -0.1) is 0 Å². The molecular formula is C17H27BN2O7SSi. The molecule has 0 spiro atoms. The number of rotatable bonds is 10. The fourth-order valence-electron chi connectivity index (χ4n) is 2.39. The quantitative estimate of drug-likeness (QED) is 0.326. The Balaban J connectivity index is 2.41. The zero-order valence-electron chi connectivity index (χ0n) is 17.2. The lowest BCUT2D eigenvalue weighted by Gasteiger charge is -2.24. The van der Waals surface area contributed by atoms with Crippen LogP contribution >= 0.6 is 0 Å². The first-order chi connectivity index (χ1) is 13.4. The molecule has 0 aliphatic carbocycles. The maximum atomic E-state index is 13.4. The van der Waals surface area contributed by atoms with E-state index in [2.05, 4.69) is 24.8 Å². The predicted octanol–water partition coefficient (Wildman–Crippen LogP) is 2.15. The fraction of sp³-hybridized carbons (Fsp3) is 0.471. The Morgan fingerprint density at radius 1 is 1.21 bits per heavy atom. The minimum Gasteiger partial charge on any atom is -0.511 e. The third-order valence-corrected chi connectivity index (χ3v) is 7.66. The predicted molar refractivity (Wildman–Crippen MR) is 112 cm³/mol. The van der Waals surface area contributed by atoms with Gasteiger partial charge in [0.25, 0.3) is 10.0 Å². The molecule has 0 bridgehead atoms. The van der Waals surface area contributed by atoms with Crippen molar-refractivity contribution in [2.24, 2.45) is 0 Å². The molecule has 2 aromatic rings. The average Bonchev–Trinajstić information content (AvgIpc) is 2.92. The SMILES string of the molecule is Cc1noc(N(COCC[Si](C)(C)C)S(=O)(=O)c2ccccc2OB(O)O)c1C. The summed E-state index contributed by atoms with van der Waals surface area (Å²) in [7, 11) is -7.74. The number of aryl methyl sites for hydroxylation is 1. The van der Waals surface area contributed by atoms with Crippen molar-refractivity contribution in [2.45, 2.75) is 44.4 Å². The monoisotopic (exact) mass is 442 g/mol. The van der Waals surface area contributed by atoms with Gasteiger partial charge in [0, 0.05) is 20.2 Å². The van der Waals surface area contributed by atoms with E-state index in [0.29, 0.717) is 17.9 Å². The Morgan fingerprint density at radius 2 is 1.86 bits per heavy atom. The van der Waals surface area contributed by atoms with Crippen LogP contribution in [0.1, 0.15) is 11.3 Å². The highest BCUT2D eigenvalue weighted by atomic mass is 32.2. The van der Waals surface area contributed by atoms with Crippen LogP contribution in [0, 0.1) is 13.8 Å². The van der Waals surface area contributed by atoms with E-state index in [-0.39, 0.29) is 23.3 Å². The number of ether oxygens (including phenoxy) is 1. The summed E-state index contributed by atoms with van der Waals surface area (Å²) in [5.41, 5.74) is 1.11. The van der Waals surface area contributed by atoms with Crippen molar-refractivity contribution < 1.29 is 32.4 Å². The summed E-state index contributed by atoms with van der Waals surface area (Å²) in [6, 6.07) is 6.53. The van der Waals surface area contributed by atoms with E-state index in [9.17, 15) is 8.42 Å². The van der Waals surface area contributed by atoms with Gasteiger partial charge in [-0.2, -0.15) is 0 Å². The molecule has 2 N–H and O–H groups in total. The number of sulfonamides is 1. The van der Waals surface area contributed by atoms with Crippen LogP contribution in [0.4, 0.5) is 5.88 Å². The normalized spacial score (nSPS) is 12.1. The maximum absolute atomic E-state index is 13.4. The Labute approximate surface area is 172 Å². The molecule has 0 atom stereocenters. The van der Waals surface area contributed by atoms with Gasteiger partial charge in [-0.25, -0.2) is 12.7 Å². The molecular weight excluding hydrogens is 415 g/mol. The van der Waals surface area contributed by atoms with Crippen LogP contribution in [0.2, 0.25) is 25.7 Å². The molecule has 12 heteroatoms. The fourth-order valence-corrected chi connectivity index (χ4v) is 4.61. The van der Waals surface area contributed by atoms with E-state index >= 15 is 0 Å². The summed E-state index contributed by atoms with van der Waals surface area (Å²) < 4.78 is 43.6. The van der Waals surface area contributed by atoms with E-state index in [1.807, 2.05) is 0 Å². The second kappa shape index (κ2) is 9.30. The number of aromatic nitrogens is 1. The molecule has 29 heavy (non-hydrogen) atoms. The highest BCUT2D eigenvalue weighted by Gasteiger charge is 2.33. The zero-order chi connectivity index (χ0) is 21.8. The first kappa shape index (κ1) is 23.4. The van der Waals surface area contributed by atoms with Gasteiger partial charge < -0.3 is 24.0 Å². The van der Waals surface area contributed by atoms with Crippen LogP contribution in [0.5, 0.6) is 5.75 Å². The summed E-state index contributed by atoms with van der Waals surface area (Å²) in [5, 5.41) is 22.1. The van der Waals surface area contributed by atoms with Crippen molar-refractivity contribution in [1.29, 1.82) is 0 Å². The summed E-state index contributed by atoms with van der Waals surface area (Å²) in [4.78, 5) is -0.254. The number of benzene rings is 1. The number of nitrogens with zero attached hydrogens (tertiary/aromatic N) is 2. The zero-order valence-corrected chi connectivity index (χ0v) is 19.1. The van der Waals surface area contributed by atoms with Crippen molar-refractivity contribution in [3.63, 3.8) is 0 Å². The molecule has 9 nitrogen and oxygen atoms in total. The first-order valence-corrected chi connectivity index (χ1v) is 14.2. The number of para-hydroxylation sites is 1. The molecule has 0 unspecified atom stereocenters. The minimum absolute atomic E-state index is 0.0369. The number of hydrogen-bond acceptors (Lipinski definition) is 8. The van der Waals surface area contributed by atoms with Crippen LogP contribution in [0.3, 0.4) is 0 Å². The molecule has 0 aliphatic heterocycles. The summed E-state index contributed by atoms with van der Waals surface area (Å²) in [6.45, 7) is 10.1. The average molecular weight is 442 g/mol. The molecule has 2 rings (SSSR count). The van der Waals surface area contributed by atoms with E-state index in [0.717, 1.165) is 10.3 Å². The Morgan fingerprint density at radius 3 is 2.41 bits per heavy atom. The van der Waals surface area contributed by atoms with Gasteiger partial charge in [0.05, 0.1) is 5.69 Å². The molecule has 1 heterocycles. The van der Waals surface area contributed by atoms with Gasteiger partial charge in [-0.3, -0.25) is 0 Å². The van der Waals surface area contributed by atoms with Crippen LogP contribution in [0.15, 0.2) is 33.7 Å². The van der Waals surface area contributed by atoms with Crippen molar-refractivity contribution in [3.05, 3.63) is 35.5 Å². The molecule has 1 aromatic heterocycles. The van der Waals surface area contributed by atoms with Crippen LogP contribution in [-0.4, -0.2) is 52.4 Å². The summed E-state index contributed by atoms with van der Waals surface area (Å²) in [5.74, 6) is -0.168. The third-order valence-electron chi connectivity index (χ3n) is 4.21. The summed E-state index contributed by atoms with van der Waals surface area (Å²) >= 11 is 0. The Hall–Kier alpha value is -1.86. The lowest BCUT2D eigenvalue weighted by atomic mass is 10.2. The van der Waals surface area contributed by atoms with Crippen molar-refractivity contribution in [2.75, 3.05) is 17.6 Å². The minimum atomic E-state index is -4.22. The van der Waals surface area contributed by atoms with Gasteiger partial charge in [0.2, 0.25) is 5.88 Å². The number of hydrogen-bond donors (Lipinski definition) is 2. The smallest absolute Gasteiger partial charge is 0.511 e. The van der Waals surface area contributed by atoms with Gasteiger partial charge in [0.15, 0.2) is 0 Å². The van der Waals surface area contributed by atoms with Crippen molar-refractivity contribution in [1.82, 2.24) is 5.16 Å². The van der Waals surface area contributed by atoms with Crippen LogP contribution < -0.4 is 8.96 Å². The number of anilines is 1. The lowest BCUT2D eigenvalue weighted by Crippen LogP contribution is -2.35. The van der Waals surface area contributed by atoms with E-state index in [4.69, 9.17) is 24.0 Å². The maximum Gasteiger partial charge on any atom is 0.707 e. The molecule has 160 valence electrons. The second-order valence-corrected chi connectivity index (χ2v) is 15.2. The Bertz CT molecular complexity index is 928. The molecule has 0 saturated carbocycles. The van der Waals surface area contributed by atoms with Crippen LogP contribution in [0.25, 0.3) is 0 Å². The van der Waals surface area contributed by atoms with Gasteiger partial charge in [0.1, 0.15) is 17.4 Å². The van der Waals surface area contributed by atoms with Crippen molar-refractivity contribution >= 4 is 31.3 Å². The van der Waals surface area contributed by atoms with E-state index in [1.165, 1.54) is 24.3 Å². The highest BCUT2D eigenvalue weighted by molar-refractivity contribution is 7.93. The largest absolute Gasteiger partial charge is 0.707 e. The highest BCUT2D eigenvalue weighted by Crippen LogP contribution is 2.32. The molecule has 0 aliphatic rings. The van der Waals surface area contributed by atoms with E-state index < -0.39 is 25.4 Å². The molecule has 0 radical (unpaired) electrons. The molecule has 0 fully saturated rings. The lowest BCUT2D eigenvalue weighted by molar-refractivity contribution is 0.153. The van der Waals surface area contributed by atoms with Gasteiger partial charge >= 0.3 is 7.32 Å². The first-order valence-electron chi connectivity index (χ1n) is 9.08. The van der Waals surface area contributed by atoms with Crippen molar-refractivity contribution in [3.8, 4) is 5.75 Å². The van der Waals surface area contributed by atoms with Crippen LogP contribution in [-0.2, 0) is 14.8 Å². The Kier molecular flexibility index (Phi) is 7.51.